The van der Waals surface area contributed by atoms with Gasteiger partial charge >= 0.3 is 0 Å². The van der Waals surface area contributed by atoms with Crippen LogP contribution in [0.2, 0.25) is 0 Å². The third-order valence-electron chi connectivity index (χ3n) is 4.42. The second kappa shape index (κ2) is 7.69. The number of nitrogens with one attached hydrogen (secondary N) is 1. The summed E-state index contributed by atoms with van der Waals surface area (Å²) in [4.78, 5) is 21.8. The van der Waals surface area contributed by atoms with Crippen LogP contribution in [-0.4, -0.2) is 28.1 Å². The van der Waals surface area contributed by atoms with Gasteiger partial charge in [0.25, 0.3) is 0 Å². The molecule has 0 unspecified atom stereocenters. The average Bonchev–Trinajstić information content (AvgIpc) is 2.92. The Balaban J connectivity index is 1.68. The van der Waals surface area contributed by atoms with Gasteiger partial charge in [0, 0.05) is 11.3 Å². The quantitative estimate of drug-likeness (QED) is 0.820. The molecule has 0 aromatic heterocycles. The van der Waals surface area contributed by atoms with Crippen LogP contribution in [0.25, 0.3) is 0 Å². The van der Waals surface area contributed by atoms with E-state index in [9.17, 15) is 4.79 Å². The van der Waals surface area contributed by atoms with E-state index in [0.717, 1.165) is 27.6 Å². The van der Waals surface area contributed by atoms with E-state index in [0.29, 0.717) is 5.75 Å². The average molecular weight is 380 g/mol. The molecule has 1 aliphatic rings. The highest BCUT2D eigenvalue weighted by Crippen LogP contribution is 2.27. The fraction of sp³-hybridized carbons (Fsp3) is 0.318. The molecule has 3 rings (SSSR count). The van der Waals surface area contributed by atoms with Crippen LogP contribution in [0.5, 0.6) is 0 Å². The van der Waals surface area contributed by atoms with Crippen LogP contribution in [-0.2, 0) is 4.79 Å². The van der Waals surface area contributed by atoms with E-state index in [1.807, 2.05) is 39.0 Å². The normalized spacial score (nSPS) is 15.3. The van der Waals surface area contributed by atoms with Crippen molar-refractivity contribution in [1.82, 2.24) is 0 Å². The van der Waals surface area contributed by atoms with Crippen molar-refractivity contribution in [3.8, 4) is 0 Å². The maximum absolute atomic E-state index is 12.4. The van der Waals surface area contributed by atoms with Gasteiger partial charge in [-0.05, 0) is 57.9 Å². The first-order valence-electron chi connectivity index (χ1n) is 9.00. The highest BCUT2D eigenvalue weighted by Gasteiger charge is 2.28. The zero-order valence-electron chi connectivity index (χ0n) is 16.5. The van der Waals surface area contributed by atoms with Crippen molar-refractivity contribution < 1.29 is 4.79 Å². The lowest BCUT2D eigenvalue weighted by Gasteiger charge is -2.09. The fourth-order valence-electron chi connectivity index (χ4n) is 2.80. The number of aryl methyl sites for hydroxylation is 3. The molecule has 1 aliphatic heterocycles. The van der Waals surface area contributed by atoms with Gasteiger partial charge in [-0.2, -0.15) is 0 Å². The van der Waals surface area contributed by atoms with Crippen LogP contribution in [0.4, 0.5) is 5.69 Å². The summed E-state index contributed by atoms with van der Waals surface area (Å²) in [5, 5.41) is 3.78. The van der Waals surface area contributed by atoms with E-state index >= 15 is 0 Å². The summed E-state index contributed by atoms with van der Waals surface area (Å²) in [5.74, 6) is 0.256. The van der Waals surface area contributed by atoms with Crippen LogP contribution in [0.3, 0.4) is 0 Å². The molecule has 2 aromatic rings. The molecule has 0 fully saturated rings. The van der Waals surface area contributed by atoms with Gasteiger partial charge in [-0.15, -0.1) is 0 Å². The van der Waals surface area contributed by atoms with E-state index in [4.69, 9.17) is 9.98 Å². The van der Waals surface area contributed by atoms with E-state index in [-0.39, 0.29) is 5.91 Å². The first kappa shape index (κ1) is 19.4. The van der Waals surface area contributed by atoms with E-state index in [2.05, 4.69) is 43.4 Å². The van der Waals surface area contributed by atoms with Gasteiger partial charge in [0.2, 0.25) is 5.91 Å². The molecule has 0 aliphatic carbocycles. The highest BCUT2D eigenvalue weighted by atomic mass is 32.2. The van der Waals surface area contributed by atoms with Crippen LogP contribution < -0.4 is 5.32 Å². The molecule has 5 heteroatoms. The number of hydrogen-bond donors (Lipinski definition) is 1. The molecule has 0 saturated carbocycles. The van der Waals surface area contributed by atoms with Crippen molar-refractivity contribution in [2.24, 2.45) is 9.98 Å². The number of benzene rings is 2. The summed E-state index contributed by atoms with van der Waals surface area (Å²) >= 11 is 1.44. The Labute approximate surface area is 165 Å². The summed E-state index contributed by atoms with van der Waals surface area (Å²) in [6.07, 6.45) is 0. The van der Waals surface area contributed by atoms with Gasteiger partial charge in [-0.1, -0.05) is 47.7 Å². The van der Waals surface area contributed by atoms with Crippen molar-refractivity contribution in [2.45, 2.75) is 40.3 Å². The molecular formula is C22H25N3OS. The standard InChI is InChI=1S/C22H25N3OS/c1-14-6-9-17(10-7-14)20-21(25-22(4,5)24-20)27-13-19(26)23-18-11-8-15(2)16(3)12-18/h6-12H,13H2,1-5H3,(H,23,26). The van der Waals surface area contributed by atoms with Gasteiger partial charge in [-0.3, -0.25) is 9.79 Å². The van der Waals surface area contributed by atoms with Crippen molar-refractivity contribution in [3.63, 3.8) is 0 Å². The summed E-state index contributed by atoms with van der Waals surface area (Å²) < 4.78 is 0. The Bertz CT molecular complexity index is 927. The molecule has 0 atom stereocenters. The monoisotopic (exact) mass is 379 g/mol. The second-order valence-corrected chi connectivity index (χ2v) is 8.34. The summed E-state index contributed by atoms with van der Waals surface area (Å²) in [5.41, 5.74) is 5.81. The van der Waals surface area contributed by atoms with Crippen LogP contribution in [0.1, 0.15) is 36.1 Å². The summed E-state index contributed by atoms with van der Waals surface area (Å²) in [6, 6.07) is 14.2. The van der Waals surface area contributed by atoms with Crippen molar-refractivity contribution in [2.75, 3.05) is 11.1 Å². The SMILES string of the molecule is Cc1ccc(C2=NC(C)(C)N=C2SCC(=O)Nc2ccc(C)c(C)c2)cc1. The van der Waals surface area contributed by atoms with E-state index in [1.54, 1.807) is 0 Å². The van der Waals surface area contributed by atoms with Gasteiger partial charge in [0.1, 0.15) is 10.7 Å². The zero-order valence-corrected chi connectivity index (χ0v) is 17.3. The maximum Gasteiger partial charge on any atom is 0.234 e. The number of carbonyl (C=O) groups excluding carboxylic acids is 1. The molecule has 140 valence electrons. The first-order chi connectivity index (χ1) is 12.7. The van der Waals surface area contributed by atoms with Crippen LogP contribution in [0, 0.1) is 20.8 Å². The van der Waals surface area contributed by atoms with Crippen molar-refractivity contribution in [3.05, 3.63) is 64.7 Å². The third kappa shape index (κ3) is 4.86. The lowest BCUT2D eigenvalue weighted by Crippen LogP contribution is -2.17. The molecule has 1 N–H and O–H groups in total. The van der Waals surface area contributed by atoms with Gasteiger partial charge in [-0.25, -0.2) is 4.99 Å². The highest BCUT2D eigenvalue weighted by molar-refractivity contribution is 8.16. The minimum Gasteiger partial charge on any atom is -0.325 e. The molecule has 2 aromatic carbocycles. The Hall–Kier alpha value is -2.40. The number of anilines is 1. The molecule has 0 bridgehead atoms. The van der Waals surface area contributed by atoms with Gasteiger partial charge in [0.05, 0.1) is 11.5 Å². The minimum atomic E-state index is -0.493. The largest absolute Gasteiger partial charge is 0.325 e. The summed E-state index contributed by atoms with van der Waals surface area (Å²) in [7, 11) is 0. The Morgan fingerprint density at radius 3 is 2.37 bits per heavy atom. The van der Waals surface area contributed by atoms with Crippen molar-refractivity contribution in [1.29, 1.82) is 0 Å². The number of amides is 1. The van der Waals surface area contributed by atoms with E-state index in [1.165, 1.54) is 22.9 Å². The van der Waals surface area contributed by atoms with Gasteiger partial charge in [0.15, 0.2) is 0 Å². The van der Waals surface area contributed by atoms with Gasteiger partial charge < -0.3 is 5.32 Å². The number of rotatable bonds is 4. The molecule has 1 heterocycles. The second-order valence-electron chi connectivity index (χ2n) is 7.37. The van der Waals surface area contributed by atoms with Crippen molar-refractivity contribution >= 4 is 34.1 Å². The minimum absolute atomic E-state index is 0.0427. The Morgan fingerprint density at radius 2 is 1.70 bits per heavy atom. The first-order valence-corrected chi connectivity index (χ1v) is 9.99. The number of nitrogens with zero attached hydrogens (tertiary/aromatic N) is 2. The lowest BCUT2D eigenvalue weighted by molar-refractivity contribution is -0.113. The van der Waals surface area contributed by atoms with E-state index < -0.39 is 5.66 Å². The number of carbonyl (C=O) groups is 1. The number of aliphatic imine (C=N–C) groups is 2. The third-order valence-corrected chi connectivity index (χ3v) is 5.38. The fourth-order valence-corrected chi connectivity index (χ4v) is 3.73. The molecule has 27 heavy (non-hydrogen) atoms. The predicted octanol–water partition coefficient (Wildman–Crippen LogP) is 4.92. The molecular weight excluding hydrogens is 354 g/mol. The Kier molecular flexibility index (Phi) is 5.51. The summed E-state index contributed by atoms with van der Waals surface area (Å²) in [6.45, 7) is 10.1. The molecule has 0 saturated heterocycles. The number of thioether (sulfide) groups is 1. The molecule has 0 spiro atoms. The van der Waals surface area contributed by atoms with Crippen LogP contribution >= 0.6 is 11.8 Å². The zero-order chi connectivity index (χ0) is 19.6. The molecule has 4 nitrogen and oxygen atoms in total. The molecule has 1 amide bonds. The molecule has 0 radical (unpaired) electrons. The lowest BCUT2D eigenvalue weighted by atomic mass is 10.1. The van der Waals surface area contributed by atoms with Crippen LogP contribution in [0.15, 0.2) is 52.4 Å². The topological polar surface area (TPSA) is 53.8 Å². The Morgan fingerprint density at radius 1 is 1.00 bits per heavy atom. The predicted molar refractivity (Wildman–Crippen MR) is 116 cm³/mol. The number of hydrogen-bond acceptors (Lipinski definition) is 4. The maximum atomic E-state index is 12.4. The smallest absolute Gasteiger partial charge is 0.234 e.